The van der Waals surface area contributed by atoms with Crippen molar-refractivity contribution in [3.63, 3.8) is 0 Å². The Kier molecular flexibility index (Phi) is 1.95. The van der Waals surface area contributed by atoms with E-state index in [-0.39, 0.29) is 5.78 Å². The molecule has 3 nitrogen and oxygen atoms in total. The molecule has 0 saturated heterocycles. The second kappa shape index (κ2) is 2.62. The van der Waals surface area contributed by atoms with Crippen LogP contribution in [0.3, 0.4) is 0 Å². The standard InChI is InChI=1S/C7H8O3S/c1-6(8)7-4-2-3-5-11(7,9)10/h2-5,7H,1H3. The number of ketones is 1. The summed E-state index contributed by atoms with van der Waals surface area (Å²) in [6, 6.07) is 0. The van der Waals surface area contributed by atoms with Crippen LogP contribution in [0.15, 0.2) is 23.6 Å². The second-order valence-corrected chi connectivity index (χ2v) is 4.29. The molecule has 0 aromatic rings. The summed E-state index contributed by atoms with van der Waals surface area (Å²) in [5.74, 6) is -0.342. The second-order valence-electron chi connectivity index (χ2n) is 2.33. The molecule has 1 aliphatic heterocycles. The van der Waals surface area contributed by atoms with Crippen LogP contribution in [0.1, 0.15) is 6.92 Å². The lowest BCUT2D eigenvalue weighted by atomic mass is 10.3. The van der Waals surface area contributed by atoms with Gasteiger partial charge in [-0.25, -0.2) is 8.42 Å². The number of hydrogen-bond acceptors (Lipinski definition) is 3. The molecular formula is C7H8O3S. The highest BCUT2D eigenvalue weighted by Crippen LogP contribution is 2.11. The van der Waals surface area contributed by atoms with Crippen LogP contribution >= 0.6 is 0 Å². The maximum absolute atomic E-state index is 11.1. The first-order valence-corrected chi connectivity index (χ1v) is 4.74. The zero-order chi connectivity index (χ0) is 8.48. The monoisotopic (exact) mass is 172 g/mol. The van der Waals surface area contributed by atoms with Crippen LogP contribution in [0.25, 0.3) is 0 Å². The Hall–Kier alpha value is -0.900. The van der Waals surface area contributed by atoms with Crippen molar-refractivity contribution in [3.8, 4) is 0 Å². The molecule has 0 amide bonds. The van der Waals surface area contributed by atoms with Gasteiger partial charge in [0, 0.05) is 5.41 Å². The normalized spacial score (nSPS) is 26.8. The number of Topliss-reactive ketones (excluding diaryl/α,β-unsaturated/α-hetero) is 1. The summed E-state index contributed by atoms with van der Waals surface area (Å²) < 4.78 is 22.1. The Morgan fingerprint density at radius 3 is 2.36 bits per heavy atom. The fraction of sp³-hybridized carbons (Fsp3) is 0.286. The molecule has 0 spiro atoms. The lowest BCUT2D eigenvalue weighted by molar-refractivity contribution is -0.115. The van der Waals surface area contributed by atoms with Gasteiger partial charge in [-0.2, -0.15) is 0 Å². The molecule has 1 unspecified atom stereocenters. The van der Waals surface area contributed by atoms with Gasteiger partial charge in [0.2, 0.25) is 0 Å². The maximum Gasteiger partial charge on any atom is 0.185 e. The minimum absolute atomic E-state index is 0.342. The first-order valence-electron chi connectivity index (χ1n) is 3.13. The fourth-order valence-corrected chi connectivity index (χ4v) is 2.13. The van der Waals surface area contributed by atoms with Crippen molar-refractivity contribution >= 4 is 15.6 Å². The predicted molar refractivity (Wildman–Crippen MR) is 41.7 cm³/mol. The SMILES string of the molecule is CC(=O)C1C=CC=CS1(=O)=O. The van der Waals surface area contributed by atoms with Crippen LogP contribution in [0.2, 0.25) is 0 Å². The average molecular weight is 172 g/mol. The smallest absolute Gasteiger partial charge is 0.185 e. The van der Waals surface area contributed by atoms with E-state index in [0.717, 1.165) is 5.41 Å². The molecule has 4 heteroatoms. The zero-order valence-corrected chi connectivity index (χ0v) is 6.84. The molecule has 0 bridgehead atoms. The van der Waals surface area contributed by atoms with E-state index < -0.39 is 15.1 Å². The lowest BCUT2D eigenvalue weighted by Gasteiger charge is -2.08. The highest BCUT2D eigenvalue weighted by atomic mass is 32.2. The summed E-state index contributed by atoms with van der Waals surface area (Å²) >= 11 is 0. The van der Waals surface area contributed by atoms with Crippen LogP contribution in [-0.4, -0.2) is 19.5 Å². The molecule has 0 aromatic heterocycles. The van der Waals surface area contributed by atoms with Gasteiger partial charge in [-0.3, -0.25) is 4.79 Å². The van der Waals surface area contributed by atoms with E-state index in [1.807, 2.05) is 0 Å². The van der Waals surface area contributed by atoms with E-state index in [0.29, 0.717) is 0 Å². The molecule has 0 N–H and O–H groups in total. The summed E-state index contributed by atoms with van der Waals surface area (Å²) in [6.07, 6.45) is 4.36. The fourth-order valence-electron chi connectivity index (χ4n) is 0.881. The quantitative estimate of drug-likeness (QED) is 0.576. The molecule has 1 atom stereocenters. The Morgan fingerprint density at radius 2 is 2.00 bits per heavy atom. The van der Waals surface area contributed by atoms with Gasteiger partial charge in [0.15, 0.2) is 15.6 Å². The predicted octanol–water partition coefficient (Wildman–Crippen LogP) is 0.442. The van der Waals surface area contributed by atoms with Gasteiger partial charge in [0.25, 0.3) is 0 Å². The van der Waals surface area contributed by atoms with Crippen LogP contribution in [0.4, 0.5) is 0 Å². The van der Waals surface area contributed by atoms with Gasteiger partial charge in [-0.1, -0.05) is 18.2 Å². The first kappa shape index (κ1) is 8.20. The van der Waals surface area contributed by atoms with Crippen LogP contribution in [0, 0.1) is 0 Å². The molecule has 11 heavy (non-hydrogen) atoms. The maximum atomic E-state index is 11.1. The van der Waals surface area contributed by atoms with Gasteiger partial charge < -0.3 is 0 Å². The molecule has 1 heterocycles. The van der Waals surface area contributed by atoms with E-state index >= 15 is 0 Å². The van der Waals surface area contributed by atoms with Gasteiger partial charge in [0.05, 0.1) is 0 Å². The summed E-state index contributed by atoms with van der Waals surface area (Å²) in [6.45, 7) is 1.27. The summed E-state index contributed by atoms with van der Waals surface area (Å²) in [5, 5.41) is 0.0894. The summed E-state index contributed by atoms with van der Waals surface area (Å²) in [4.78, 5) is 10.8. The molecule has 0 radical (unpaired) electrons. The van der Waals surface area contributed by atoms with E-state index in [9.17, 15) is 13.2 Å². The van der Waals surface area contributed by atoms with Gasteiger partial charge in [-0.15, -0.1) is 0 Å². The molecule has 1 aliphatic rings. The van der Waals surface area contributed by atoms with E-state index in [2.05, 4.69) is 0 Å². The largest absolute Gasteiger partial charge is 0.298 e. The lowest BCUT2D eigenvalue weighted by Crippen LogP contribution is -2.25. The molecule has 0 fully saturated rings. The Morgan fingerprint density at radius 1 is 1.36 bits per heavy atom. The summed E-state index contributed by atoms with van der Waals surface area (Å²) in [5.41, 5.74) is 0. The van der Waals surface area contributed by atoms with Crippen molar-refractivity contribution in [2.75, 3.05) is 0 Å². The molecular weight excluding hydrogens is 164 g/mol. The van der Waals surface area contributed by atoms with Crippen LogP contribution in [-0.2, 0) is 14.6 Å². The molecule has 1 rings (SSSR count). The van der Waals surface area contributed by atoms with Crippen molar-refractivity contribution in [2.45, 2.75) is 12.2 Å². The summed E-state index contributed by atoms with van der Waals surface area (Å²) in [7, 11) is -3.34. The Labute approximate surface area is 65.3 Å². The van der Waals surface area contributed by atoms with Crippen LogP contribution in [0.5, 0.6) is 0 Å². The van der Waals surface area contributed by atoms with E-state index in [1.165, 1.54) is 19.1 Å². The Bertz CT molecular complexity index is 322. The Balaban J connectivity index is 3.09. The number of sulfone groups is 1. The molecule has 0 aliphatic carbocycles. The van der Waals surface area contributed by atoms with E-state index in [1.54, 1.807) is 6.08 Å². The number of hydrogen-bond donors (Lipinski definition) is 0. The number of allylic oxidation sites excluding steroid dienone is 2. The molecule has 0 saturated carbocycles. The van der Waals surface area contributed by atoms with Crippen molar-refractivity contribution in [3.05, 3.63) is 23.6 Å². The van der Waals surface area contributed by atoms with E-state index in [4.69, 9.17) is 0 Å². The molecule has 60 valence electrons. The number of carbonyl (C=O) groups excluding carboxylic acids is 1. The zero-order valence-electron chi connectivity index (χ0n) is 6.02. The molecule has 0 aromatic carbocycles. The van der Waals surface area contributed by atoms with Crippen molar-refractivity contribution in [1.29, 1.82) is 0 Å². The van der Waals surface area contributed by atoms with Crippen molar-refractivity contribution in [1.82, 2.24) is 0 Å². The minimum Gasteiger partial charge on any atom is -0.298 e. The third-order valence-electron chi connectivity index (χ3n) is 1.42. The number of rotatable bonds is 1. The van der Waals surface area contributed by atoms with Gasteiger partial charge >= 0.3 is 0 Å². The van der Waals surface area contributed by atoms with Gasteiger partial charge in [-0.05, 0) is 6.92 Å². The van der Waals surface area contributed by atoms with Crippen LogP contribution < -0.4 is 0 Å². The topological polar surface area (TPSA) is 51.2 Å². The highest BCUT2D eigenvalue weighted by molar-refractivity contribution is 7.95. The third-order valence-corrected chi connectivity index (χ3v) is 3.15. The number of carbonyl (C=O) groups is 1. The highest BCUT2D eigenvalue weighted by Gasteiger charge is 2.25. The van der Waals surface area contributed by atoms with Crippen molar-refractivity contribution in [2.24, 2.45) is 0 Å². The van der Waals surface area contributed by atoms with Crippen molar-refractivity contribution < 1.29 is 13.2 Å². The average Bonchev–Trinajstić information content (AvgIpc) is 1.85. The van der Waals surface area contributed by atoms with Gasteiger partial charge in [0.1, 0.15) is 5.25 Å². The third kappa shape index (κ3) is 1.57. The first-order chi connectivity index (χ1) is 5.04. The minimum atomic E-state index is -3.34.